The Kier molecular flexibility index (Phi) is 7.31. The number of carbonyl (C=O) groups excluding carboxylic acids is 1. The molecule has 34 heavy (non-hydrogen) atoms. The van der Waals surface area contributed by atoms with Gasteiger partial charge in [-0.25, -0.2) is 0 Å². The minimum absolute atomic E-state index is 0.150. The first-order valence-corrected chi connectivity index (χ1v) is 11.7. The van der Waals surface area contributed by atoms with E-state index in [0.717, 1.165) is 68.8 Å². The van der Waals surface area contributed by atoms with Crippen molar-refractivity contribution in [1.29, 1.82) is 0 Å². The Labute approximate surface area is 199 Å². The average Bonchev–Trinajstić information content (AvgIpc) is 3.12. The number of likely N-dealkylation sites (N-methyl/N-ethyl adjacent to an activating group) is 1. The van der Waals surface area contributed by atoms with Crippen molar-refractivity contribution in [2.24, 2.45) is 0 Å². The first kappa shape index (κ1) is 24.7. The molecule has 1 amide bonds. The van der Waals surface area contributed by atoms with Crippen molar-refractivity contribution in [3.05, 3.63) is 69.8 Å². The fourth-order valence-electron chi connectivity index (χ4n) is 4.96. The van der Waals surface area contributed by atoms with Gasteiger partial charge in [0.05, 0.1) is 5.56 Å². The van der Waals surface area contributed by atoms with Crippen LogP contribution < -0.4 is 0 Å². The number of fused-ring (bicyclic) bond motifs is 1. The number of hydrogen-bond acceptors (Lipinski definition) is 4. The van der Waals surface area contributed by atoms with E-state index in [0.29, 0.717) is 17.7 Å². The number of halogens is 3. The van der Waals surface area contributed by atoms with Gasteiger partial charge in [-0.15, -0.1) is 0 Å². The summed E-state index contributed by atoms with van der Waals surface area (Å²) >= 11 is 0. The molecule has 1 saturated heterocycles. The molecule has 0 spiro atoms. The summed E-state index contributed by atoms with van der Waals surface area (Å²) in [5.74, 6) is -0.150. The van der Waals surface area contributed by atoms with Crippen LogP contribution in [0.4, 0.5) is 13.2 Å². The van der Waals surface area contributed by atoms with Gasteiger partial charge in [0.15, 0.2) is 6.23 Å². The van der Waals surface area contributed by atoms with E-state index in [2.05, 4.69) is 29.0 Å². The van der Waals surface area contributed by atoms with E-state index in [9.17, 15) is 18.0 Å². The molecular formula is C26H32F3N3O2. The van der Waals surface area contributed by atoms with E-state index >= 15 is 0 Å². The van der Waals surface area contributed by atoms with Gasteiger partial charge in [0, 0.05) is 51.0 Å². The number of aryl methyl sites for hydroxylation is 2. The van der Waals surface area contributed by atoms with Gasteiger partial charge in [-0.05, 0) is 62.2 Å². The molecule has 1 atom stereocenters. The van der Waals surface area contributed by atoms with Gasteiger partial charge < -0.3 is 19.4 Å². The minimum Gasteiger partial charge on any atom is -0.357 e. The van der Waals surface area contributed by atoms with E-state index < -0.39 is 18.0 Å². The maximum atomic E-state index is 13.2. The van der Waals surface area contributed by atoms with Gasteiger partial charge in [0.25, 0.3) is 5.91 Å². The van der Waals surface area contributed by atoms with Crippen LogP contribution in [0.2, 0.25) is 0 Å². The molecule has 2 aliphatic heterocycles. The summed E-state index contributed by atoms with van der Waals surface area (Å²) in [6.45, 7) is 7.81. The predicted octanol–water partition coefficient (Wildman–Crippen LogP) is 4.49. The van der Waals surface area contributed by atoms with Crippen molar-refractivity contribution in [2.75, 3.05) is 46.9 Å². The van der Waals surface area contributed by atoms with Crippen LogP contribution in [-0.2, 0) is 23.9 Å². The molecule has 0 radical (unpaired) electrons. The first-order chi connectivity index (χ1) is 16.2. The Hall–Kier alpha value is -2.42. The summed E-state index contributed by atoms with van der Waals surface area (Å²) in [7, 11) is 3.62. The molecule has 0 bridgehead atoms. The zero-order chi connectivity index (χ0) is 24.5. The van der Waals surface area contributed by atoms with Crippen molar-refractivity contribution in [3.63, 3.8) is 0 Å². The van der Waals surface area contributed by atoms with Crippen molar-refractivity contribution in [1.82, 2.24) is 14.7 Å². The number of nitrogens with zero attached hydrogens (tertiary/aromatic N) is 3. The van der Waals surface area contributed by atoms with Crippen LogP contribution >= 0.6 is 0 Å². The number of hydrogen-bond donors (Lipinski definition) is 0. The number of alkyl halides is 3. The fraction of sp³-hybridized carbons (Fsp3) is 0.500. The van der Waals surface area contributed by atoms with Crippen molar-refractivity contribution in [3.8, 4) is 0 Å². The number of benzene rings is 2. The van der Waals surface area contributed by atoms with Gasteiger partial charge in [-0.2, -0.15) is 13.2 Å². The van der Waals surface area contributed by atoms with E-state index in [1.54, 1.807) is 4.90 Å². The molecule has 5 nitrogen and oxygen atoms in total. The molecule has 0 saturated carbocycles. The van der Waals surface area contributed by atoms with E-state index in [4.69, 9.17) is 4.74 Å². The van der Waals surface area contributed by atoms with Crippen molar-refractivity contribution in [2.45, 2.75) is 38.7 Å². The minimum atomic E-state index is -4.40. The maximum Gasteiger partial charge on any atom is 0.416 e. The Balaban J connectivity index is 1.44. The highest BCUT2D eigenvalue weighted by Crippen LogP contribution is 2.36. The SMILES string of the molecule is COC(c1ccc(C(F)(F)F)cc1)N1Cc2cc(CCCN3CCN(C)CC3)cc(C)c2C1=O. The predicted molar refractivity (Wildman–Crippen MR) is 125 cm³/mol. The van der Waals surface area contributed by atoms with Gasteiger partial charge >= 0.3 is 6.18 Å². The molecule has 2 aliphatic rings. The second-order valence-corrected chi connectivity index (χ2v) is 9.34. The first-order valence-electron chi connectivity index (χ1n) is 11.7. The molecule has 2 heterocycles. The van der Waals surface area contributed by atoms with Crippen molar-refractivity contribution >= 4 is 5.91 Å². The topological polar surface area (TPSA) is 36.0 Å². The highest BCUT2D eigenvalue weighted by molar-refractivity contribution is 6.00. The highest BCUT2D eigenvalue weighted by Gasteiger charge is 2.36. The zero-order valence-corrected chi connectivity index (χ0v) is 20.0. The molecule has 184 valence electrons. The summed E-state index contributed by atoms with van der Waals surface area (Å²) in [6, 6.07) is 9.00. The van der Waals surface area contributed by atoms with Crippen LogP contribution in [0.5, 0.6) is 0 Å². The monoisotopic (exact) mass is 475 g/mol. The number of methoxy groups -OCH3 is 1. The summed E-state index contributed by atoms with van der Waals surface area (Å²) in [6.07, 6.45) is -3.14. The third-order valence-electron chi connectivity index (χ3n) is 6.86. The van der Waals surface area contributed by atoms with Crippen LogP contribution in [0, 0.1) is 6.92 Å². The summed E-state index contributed by atoms with van der Waals surface area (Å²) < 4.78 is 44.4. The lowest BCUT2D eigenvalue weighted by atomic mass is 9.98. The quantitative estimate of drug-likeness (QED) is 0.591. The molecule has 2 aromatic rings. The molecule has 0 N–H and O–H groups in total. The summed E-state index contributed by atoms with van der Waals surface area (Å²) in [4.78, 5) is 19.7. The highest BCUT2D eigenvalue weighted by atomic mass is 19.4. The number of ether oxygens (including phenoxy) is 1. The zero-order valence-electron chi connectivity index (χ0n) is 20.0. The third kappa shape index (κ3) is 5.29. The van der Waals surface area contributed by atoms with E-state index in [1.807, 2.05) is 6.92 Å². The Morgan fingerprint density at radius 3 is 2.35 bits per heavy atom. The molecule has 1 fully saturated rings. The molecule has 0 aromatic heterocycles. The Bertz CT molecular complexity index is 1020. The second-order valence-electron chi connectivity index (χ2n) is 9.34. The normalized spacial score (nSPS) is 18.4. The largest absolute Gasteiger partial charge is 0.416 e. The molecule has 2 aromatic carbocycles. The average molecular weight is 476 g/mol. The van der Waals surface area contributed by atoms with Crippen LogP contribution in [0.1, 0.15) is 50.8 Å². The standard InChI is InChI=1S/C26H32F3N3O2/c1-18-15-19(5-4-10-31-13-11-30(2)12-14-31)16-21-17-32(24(33)23(18)21)25(34-3)20-6-8-22(9-7-20)26(27,28)29/h6-9,15-16,25H,4-5,10-14,17H2,1-3H3. The lowest BCUT2D eigenvalue weighted by Gasteiger charge is -2.32. The molecule has 0 aliphatic carbocycles. The molecule has 8 heteroatoms. The lowest BCUT2D eigenvalue weighted by Crippen LogP contribution is -2.44. The van der Waals surface area contributed by atoms with Crippen LogP contribution in [0.15, 0.2) is 36.4 Å². The number of carbonyl (C=O) groups is 1. The Morgan fingerprint density at radius 2 is 1.74 bits per heavy atom. The second kappa shape index (κ2) is 10.1. The fourth-order valence-corrected chi connectivity index (χ4v) is 4.96. The van der Waals surface area contributed by atoms with Crippen molar-refractivity contribution < 1.29 is 22.7 Å². The van der Waals surface area contributed by atoms with Crippen LogP contribution in [0.25, 0.3) is 0 Å². The van der Waals surface area contributed by atoms with E-state index in [1.165, 1.54) is 24.8 Å². The summed E-state index contributed by atoms with van der Waals surface area (Å²) in [5.41, 5.74) is 3.57. The van der Waals surface area contributed by atoms with E-state index in [-0.39, 0.29) is 5.91 Å². The van der Waals surface area contributed by atoms with Gasteiger partial charge in [0.2, 0.25) is 0 Å². The number of amides is 1. The van der Waals surface area contributed by atoms with Crippen LogP contribution in [0.3, 0.4) is 0 Å². The summed E-state index contributed by atoms with van der Waals surface area (Å²) in [5, 5.41) is 0. The van der Waals surface area contributed by atoms with Gasteiger partial charge in [-0.1, -0.05) is 24.3 Å². The van der Waals surface area contributed by atoms with Crippen LogP contribution in [-0.4, -0.2) is 67.5 Å². The molecule has 1 unspecified atom stereocenters. The third-order valence-corrected chi connectivity index (χ3v) is 6.86. The Morgan fingerprint density at radius 1 is 1.06 bits per heavy atom. The van der Waals surface area contributed by atoms with Gasteiger partial charge in [0.1, 0.15) is 0 Å². The molecular weight excluding hydrogens is 443 g/mol. The lowest BCUT2D eigenvalue weighted by molar-refractivity contribution is -0.137. The molecule has 4 rings (SSSR count). The van der Waals surface area contributed by atoms with Gasteiger partial charge in [-0.3, -0.25) is 4.79 Å². The smallest absolute Gasteiger partial charge is 0.357 e. The number of rotatable bonds is 7. The number of piperazine rings is 1. The maximum absolute atomic E-state index is 13.2.